The Labute approximate surface area is 369 Å². The van der Waals surface area contributed by atoms with Crippen molar-refractivity contribution in [1.82, 2.24) is 0 Å². The van der Waals surface area contributed by atoms with Gasteiger partial charge in [-0.2, -0.15) is 0 Å². The van der Waals surface area contributed by atoms with Crippen molar-refractivity contribution in [2.24, 2.45) is 0 Å². The fourth-order valence-corrected chi connectivity index (χ4v) is 9.11. The van der Waals surface area contributed by atoms with Gasteiger partial charge >= 0.3 is 0 Å². The highest BCUT2D eigenvalue weighted by molar-refractivity contribution is 5.96. The molecular formula is C62H43N. The van der Waals surface area contributed by atoms with E-state index in [0.717, 1.165) is 22.6 Å². The smallest absolute Gasteiger partial charge is 0.0467 e. The normalized spacial score (nSPS) is 11.2. The standard InChI is InChI=1S/C62H43N/c1-2-17-47(18-3-1)57-23-8-10-25-59(57)61-27-12-13-28-62(61)60-26-11-9-24-58(60)48-35-39-55(40-36-48)63(54-37-33-46(34-38-54)52-31-29-44-15-4-6-19-49(44)41-52)56-22-14-21-51(43-56)53-32-30-45-16-5-7-20-50(45)42-53/h1-43H. The summed E-state index contributed by atoms with van der Waals surface area (Å²) in [5.41, 5.74) is 17.7. The molecule has 296 valence electrons. The molecular weight excluding hydrogens is 759 g/mol. The maximum absolute atomic E-state index is 2.38. The summed E-state index contributed by atoms with van der Waals surface area (Å²) in [6.45, 7) is 0. The first-order chi connectivity index (χ1) is 31.2. The minimum atomic E-state index is 1.09. The van der Waals surface area contributed by atoms with Crippen LogP contribution in [-0.2, 0) is 0 Å². The monoisotopic (exact) mass is 801 g/mol. The lowest BCUT2D eigenvalue weighted by atomic mass is 9.87. The second-order valence-corrected chi connectivity index (χ2v) is 16.1. The zero-order chi connectivity index (χ0) is 42.0. The third-order valence-corrected chi connectivity index (χ3v) is 12.3. The molecule has 0 radical (unpaired) electrons. The average molecular weight is 802 g/mol. The van der Waals surface area contributed by atoms with Crippen molar-refractivity contribution < 1.29 is 0 Å². The van der Waals surface area contributed by atoms with Crippen LogP contribution in [-0.4, -0.2) is 0 Å². The lowest BCUT2D eigenvalue weighted by Crippen LogP contribution is -2.10. The molecule has 0 N–H and O–H groups in total. The molecule has 0 fully saturated rings. The van der Waals surface area contributed by atoms with Gasteiger partial charge in [-0.25, -0.2) is 0 Å². The summed E-state index contributed by atoms with van der Waals surface area (Å²) in [5, 5.41) is 4.97. The maximum atomic E-state index is 2.38. The van der Waals surface area contributed by atoms with Crippen LogP contribution in [0.1, 0.15) is 0 Å². The third-order valence-electron chi connectivity index (χ3n) is 12.3. The van der Waals surface area contributed by atoms with E-state index < -0.39 is 0 Å². The van der Waals surface area contributed by atoms with Crippen molar-refractivity contribution in [3.63, 3.8) is 0 Å². The predicted molar refractivity (Wildman–Crippen MR) is 269 cm³/mol. The first kappa shape index (κ1) is 37.7. The molecule has 0 atom stereocenters. The number of hydrogen-bond acceptors (Lipinski definition) is 1. The number of benzene rings is 11. The molecule has 0 aliphatic heterocycles. The van der Waals surface area contributed by atoms with Gasteiger partial charge in [-0.3, -0.25) is 0 Å². The van der Waals surface area contributed by atoms with E-state index in [0.29, 0.717) is 0 Å². The van der Waals surface area contributed by atoms with E-state index in [9.17, 15) is 0 Å². The Hall–Kier alpha value is -8.26. The molecule has 1 nitrogen and oxygen atoms in total. The zero-order valence-corrected chi connectivity index (χ0v) is 34.8. The topological polar surface area (TPSA) is 3.24 Å². The van der Waals surface area contributed by atoms with Gasteiger partial charge in [0.2, 0.25) is 0 Å². The molecule has 0 aliphatic rings. The fourth-order valence-electron chi connectivity index (χ4n) is 9.11. The first-order valence-electron chi connectivity index (χ1n) is 21.7. The quantitative estimate of drug-likeness (QED) is 0.141. The SMILES string of the molecule is c1ccc(-c2ccccc2-c2ccccc2-c2ccccc2-c2ccc(N(c3ccc(-c4ccc5ccccc5c4)cc3)c3cccc(-c4ccc5ccccc5c4)c3)cc2)cc1. The van der Waals surface area contributed by atoms with Crippen LogP contribution in [0.15, 0.2) is 261 Å². The third kappa shape index (κ3) is 7.47. The highest BCUT2D eigenvalue weighted by Crippen LogP contribution is 2.43. The number of hydrogen-bond donors (Lipinski definition) is 0. The number of nitrogens with zero attached hydrogens (tertiary/aromatic N) is 1. The lowest BCUT2D eigenvalue weighted by Gasteiger charge is -2.26. The summed E-state index contributed by atoms with van der Waals surface area (Å²) < 4.78 is 0. The second kappa shape index (κ2) is 16.7. The van der Waals surface area contributed by atoms with Crippen LogP contribution >= 0.6 is 0 Å². The summed E-state index contributed by atoms with van der Waals surface area (Å²) in [6.07, 6.45) is 0. The molecule has 0 heterocycles. The van der Waals surface area contributed by atoms with Crippen LogP contribution in [0.25, 0.3) is 88.3 Å². The molecule has 0 spiro atoms. The van der Waals surface area contributed by atoms with Crippen molar-refractivity contribution in [3.05, 3.63) is 261 Å². The summed E-state index contributed by atoms with van der Waals surface area (Å²) in [7, 11) is 0. The fraction of sp³-hybridized carbons (Fsp3) is 0. The van der Waals surface area contributed by atoms with Crippen LogP contribution in [0.4, 0.5) is 17.1 Å². The Morgan fingerprint density at radius 3 is 1.05 bits per heavy atom. The molecule has 0 unspecified atom stereocenters. The Morgan fingerprint density at radius 2 is 0.524 bits per heavy atom. The molecule has 11 aromatic carbocycles. The van der Waals surface area contributed by atoms with Crippen molar-refractivity contribution in [2.45, 2.75) is 0 Å². The summed E-state index contributed by atoms with van der Waals surface area (Å²) in [4.78, 5) is 2.38. The molecule has 0 bridgehead atoms. The summed E-state index contributed by atoms with van der Waals surface area (Å²) in [5.74, 6) is 0. The number of fused-ring (bicyclic) bond motifs is 2. The summed E-state index contributed by atoms with van der Waals surface area (Å²) in [6, 6.07) is 94.6. The van der Waals surface area contributed by atoms with Crippen LogP contribution in [0.3, 0.4) is 0 Å². The van der Waals surface area contributed by atoms with E-state index in [1.807, 2.05) is 0 Å². The van der Waals surface area contributed by atoms with Gasteiger partial charge in [0.05, 0.1) is 0 Å². The van der Waals surface area contributed by atoms with Gasteiger partial charge in [-0.1, -0.05) is 212 Å². The van der Waals surface area contributed by atoms with Gasteiger partial charge in [0.25, 0.3) is 0 Å². The van der Waals surface area contributed by atoms with E-state index in [2.05, 4.69) is 266 Å². The van der Waals surface area contributed by atoms with E-state index in [4.69, 9.17) is 0 Å². The highest BCUT2D eigenvalue weighted by atomic mass is 15.1. The number of anilines is 3. The van der Waals surface area contributed by atoms with Crippen molar-refractivity contribution >= 4 is 38.6 Å². The van der Waals surface area contributed by atoms with E-state index >= 15 is 0 Å². The Kier molecular flexibility index (Phi) is 9.97. The van der Waals surface area contributed by atoms with Crippen molar-refractivity contribution in [2.75, 3.05) is 4.90 Å². The van der Waals surface area contributed by atoms with E-state index in [1.54, 1.807) is 0 Å². The predicted octanol–water partition coefficient (Wildman–Crippen LogP) is 17.5. The molecule has 0 aromatic heterocycles. The van der Waals surface area contributed by atoms with Crippen LogP contribution in [0, 0.1) is 0 Å². The molecule has 0 aliphatic carbocycles. The molecule has 11 aromatic rings. The first-order valence-corrected chi connectivity index (χ1v) is 21.7. The van der Waals surface area contributed by atoms with Gasteiger partial charge in [0, 0.05) is 17.1 Å². The average Bonchev–Trinajstić information content (AvgIpc) is 3.37. The van der Waals surface area contributed by atoms with Gasteiger partial charge < -0.3 is 4.90 Å². The zero-order valence-electron chi connectivity index (χ0n) is 34.8. The Morgan fingerprint density at radius 1 is 0.175 bits per heavy atom. The van der Waals surface area contributed by atoms with Crippen LogP contribution in [0.5, 0.6) is 0 Å². The van der Waals surface area contributed by atoms with Crippen LogP contribution < -0.4 is 4.90 Å². The van der Waals surface area contributed by atoms with Gasteiger partial charge in [0.1, 0.15) is 0 Å². The van der Waals surface area contributed by atoms with Crippen LogP contribution in [0.2, 0.25) is 0 Å². The Balaban J connectivity index is 0.990. The molecule has 63 heavy (non-hydrogen) atoms. The van der Waals surface area contributed by atoms with E-state index in [-0.39, 0.29) is 0 Å². The van der Waals surface area contributed by atoms with Gasteiger partial charge in [0.15, 0.2) is 0 Å². The highest BCUT2D eigenvalue weighted by Gasteiger charge is 2.18. The second-order valence-electron chi connectivity index (χ2n) is 16.1. The molecule has 1 heteroatoms. The van der Waals surface area contributed by atoms with Gasteiger partial charge in [-0.15, -0.1) is 0 Å². The minimum Gasteiger partial charge on any atom is -0.310 e. The van der Waals surface area contributed by atoms with Crippen molar-refractivity contribution in [3.8, 4) is 66.8 Å². The largest absolute Gasteiger partial charge is 0.310 e. The summed E-state index contributed by atoms with van der Waals surface area (Å²) >= 11 is 0. The molecule has 11 rings (SSSR count). The van der Waals surface area contributed by atoms with E-state index in [1.165, 1.54) is 82.7 Å². The van der Waals surface area contributed by atoms with Gasteiger partial charge in [-0.05, 0) is 137 Å². The lowest BCUT2D eigenvalue weighted by molar-refractivity contribution is 1.28. The Bertz CT molecular complexity index is 3380. The molecule has 0 amide bonds. The minimum absolute atomic E-state index is 1.09. The maximum Gasteiger partial charge on any atom is 0.0467 e. The van der Waals surface area contributed by atoms with Crippen molar-refractivity contribution in [1.29, 1.82) is 0 Å². The molecule has 0 saturated carbocycles. The molecule has 0 saturated heterocycles. The number of rotatable bonds is 9.